The number of amides is 5. The third-order valence-electron chi connectivity index (χ3n) is 15.1. The number of nitrogens with two attached hydrogens (primary N) is 1. The number of fused-ring (bicyclic) bond motifs is 14. The van der Waals surface area contributed by atoms with E-state index in [1.165, 1.54) is 76.1 Å². The summed E-state index contributed by atoms with van der Waals surface area (Å²) in [7, 11) is 4.02. The van der Waals surface area contributed by atoms with Gasteiger partial charge >= 0.3 is 18.0 Å². The Bertz CT molecular complexity index is 2470. The number of rotatable bonds is 13. The summed E-state index contributed by atoms with van der Waals surface area (Å²) in [6.07, 6.45) is 10.1. The van der Waals surface area contributed by atoms with Crippen molar-refractivity contribution in [2.24, 2.45) is 20.0 Å². The van der Waals surface area contributed by atoms with E-state index in [2.05, 4.69) is 15.7 Å². The Labute approximate surface area is 388 Å². The SMILES string of the molecule is Cn1nc(CON)c2c1C1CCC2C1.Cn1nc(CONC(=O)[C@@H]2CC[C@@H]3CN2C(=O)N3OCc2ccccc2)c2c1C1CCC2C1.O=C(O)[C@@H]1CC[C@@H]2CN1C(=O)N2OCc1ccccc1. The van der Waals surface area contributed by atoms with Crippen LogP contribution in [0, 0.1) is 0 Å². The Kier molecular flexibility index (Phi) is 12.8. The number of urea groups is 2. The van der Waals surface area contributed by atoms with Crippen molar-refractivity contribution in [3.63, 3.8) is 0 Å². The van der Waals surface area contributed by atoms with E-state index in [0.29, 0.717) is 70.4 Å². The molecule has 356 valence electrons. The Morgan fingerprint density at radius 1 is 0.642 bits per heavy atom. The van der Waals surface area contributed by atoms with E-state index in [9.17, 15) is 19.2 Å². The number of nitrogens with one attached hydrogen (secondary N) is 1. The van der Waals surface area contributed by atoms with Gasteiger partial charge in [0, 0.05) is 61.5 Å². The van der Waals surface area contributed by atoms with Crippen molar-refractivity contribution in [3.05, 3.63) is 106 Å². The number of aryl methyl sites for hydroxylation is 2. The fraction of sp³-hybridized carbons (Fsp3) is 0.542. The molecule has 4 aliphatic carbocycles. The highest BCUT2D eigenvalue weighted by Crippen LogP contribution is 2.55. The Morgan fingerprint density at radius 3 is 1.60 bits per heavy atom. The zero-order valence-corrected chi connectivity index (χ0v) is 38.1. The van der Waals surface area contributed by atoms with Gasteiger partial charge in [-0.1, -0.05) is 60.7 Å². The van der Waals surface area contributed by atoms with Crippen LogP contribution >= 0.6 is 0 Å². The molecule has 2 aromatic carbocycles. The normalized spacial score (nSPS) is 26.9. The Hall–Kier alpha value is -5.86. The number of aromatic nitrogens is 4. The standard InChI is InChI=1S/C24H29N5O4.C14H16N2O4.C10H15N3O/c1-27-22-17-8-7-16(11-17)21(22)19(25-27)14-32-26-23(30)20-10-9-18-12-28(20)24(31)29(18)33-13-15-5-3-2-4-6-15;17-13(18)12-7-6-11-8-15(12)14(19)16(11)20-9-10-4-2-1-3-5-10;1-13-10-7-3-2-6(4-7)9(10)8(12-13)5-14-11/h2-6,16-18,20H,7-14H2,1H3,(H,26,30);1-5,11-12H,6-9H2,(H,17,18);6-7H,2-5,11H2,1H3/t16?,17?,18-,20+;11-,12+;/m11./s1. The van der Waals surface area contributed by atoms with Crippen molar-refractivity contribution in [2.45, 2.75) is 138 Å². The summed E-state index contributed by atoms with van der Waals surface area (Å²) in [5, 5.41) is 21.0. The lowest BCUT2D eigenvalue weighted by Crippen LogP contribution is -2.49. The molecule has 8 aliphatic rings. The fourth-order valence-corrected chi connectivity index (χ4v) is 12.2. The van der Waals surface area contributed by atoms with Crippen molar-refractivity contribution < 1.29 is 43.6 Å². The van der Waals surface area contributed by atoms with E-state index in [4.69, 9.17) is 30.4 Å². The first kappa shape index (κ1) is 44.9. The predicted octanol–water partition coefficient (Wildman–Crippen LogP) is 5.38. The van der Waals surface area contributed by atoms with E-state index in [0.717, 1.165) is 34.4 Å². The molecule has 6 fully saturated rings. The molecule has 0 spiro atoms. The number of hydrogen-bond acceptors (Lipinski definition) is 11. The minimum Gasteiger partial charge on any atom is -0.480 e. The van der Waals surface area contributed by atoms with Gasteiger partial charge in [-0.05, 0) is 87.2 Å². The van der Waals surface area contributed by atoms with Crippen LogP contribution in [-0.4, -0.2) is 106 Å². The summed E-state index contributed by atoms with van der Waals surface area (Å²) < 4.78 is 4.00. The number of carbonyl (C=O) groups excluding carboxylic acids is 3. The highest BCUT2D eigenvalue weighted by atomic mass is 16.7. The van der Waals surface area contributed by atoms with Crippen LogP contribution in [-0.2, 0) is 69.5 Å². The van der Waals surface area contributed by atoms with E-state index >= 15 is 0 Å². The predicted molar refractivity (Wildman–Crippen MR) is 239 cm³/mol. The first-order chi connectivity index (χ1) is 32.6. The number of carbonyl (C=O) groups is 4. The van der Waals surface area contributed by atoms with Gasteiger partial charge in [0.05, 0.1) is 23.5 Å². The summed E-state index contributed by atoms with van der Waals surface area (Å²) in [4.78, 5) is 73.8. The molecule has 0 radical (unpaired) electrons. The van der Waals surface area contributed by atoms with Crippen LogP contribution in [0.3, 0.4) is 0 Å². The van der Waals surface area contributed by atoms with Gasteiger partial charge in [0.15, 0.2) is 0 Å². The molecular formula is C48H60N10O9. The van der Waals surface area contributed by atoms with Crippen LogP contribution < -0.4 is 11.4 Å². The molecule has 4 unspecified atom stereocenters. The maximum absolute atomic E-state index is 12.9. The second-order valence-corrected chi connectivity index (χ2v) is 19.1. The minimum atomic E-state index is -0.943. The quantitative estimate of drug-likeness (QED) is 0.144. The van der Waals surface area contributed by atoms with Crippen LogP contribution in [0.2, 0.25) is 0 Å². The third kappa shape index (κ3) is 8.67. The molecular weight excluding hydrogens is 861 g/mol. The number of hydrogen-bond donors (Lipinski definition) is 3. The van der Waals surface area contributed by atoms with Gasteiger partial charge in [-0.3, -0.25) is 33.5 Å². The monoisotopic (exact) mass is 920 g/mol. The first-order valence-electron chi connectivity index (χ1n) is 23.7. The molecule has 8 bridgehead atoms. The molecule has 12 rings (SSSR count). The van der Waals surface area contributed by atoms with Gasteiger partial charge in [0.25, 0.3) is 5.91 Å². The van der Waals surface area contributed by atoms with E-state index in [-0.39, 0.29) is 36.7 Å². The van der Waals surface area contributed by atoms with Gasteiger partial charge < -0.3 is 14.9 Å². The van der Waals surface area contributed by atoms with Crippen LogP contribution in [0.1, 0.15) is 133 Å². The van der Waals surface area contributed by atoms with Gasteiger partial charge in [-0.15, -0.1) is 0 Å². The van der Waals surface area contributed by atoms with Crippen LogP contribution in [0.5, 0.6) is 0 Å². The van der Waals surface area contributed by atoms with Gasteiger partial charge in [-0.2, -0.15) is 20.3 Å². The minimum absolute atomic E-state index is 0.0299. The van der Waals surface area contributed by atoms with Crippen molar-refractivity contribution in [1.82, 2.24) is 45.0 Å². The number of benzene rings is 2. The molecule has 6 heterocycles. The van der Waals surface area contributed by atoms with Crippen LogP contribution in [0.25, 0.3) is 0 Å². The number of carboxylic acids is 1. The van der Waals surface area contributed by atoms with Crippen LogP contribution in [0.15, 0.2) is 60.7 Å². The van der Waals surface area contributed by atoms with Crippen molar-refractivity contribution in [1.29, 1.82) is 0 Å². The summed E-state index contributed by atoms with van der Waals surface area (Å²) in [5.41, 5.74) is 12.1. The number of carboxylic acid groups (broad SMARTS) is 1. The highest BCUT2D eigenvalue weighted by Gasteiger charge is 2.50. The molecule has 4 aromatic rings. The number of aliphatic carboxylic acids is 1. The van der Waals surface area contributed by atoms with E-state index in [1.54, 1.807) is 4.90 Å². The zero-order chi connectivity index (χ0) is 46.3. The number of piperidine rings is 2. The molecule has 19 nitrogen and oxygen atoms in total. The molecule has 2 aromatic heterocycles. The summed E-state index contributed by atoms with van der Waals surface area (Å²) >= 11 is 0. The molecule has 67 heavy (non-hydrogen) atoms. The molecule has 8 atom stereocenters. The first-order valence-corrected chi connectivity index (χ1v) is 23.7. The largest absolute Gasteiger partial charge is 0.480 e. The third-order valence-corrected chi connectivity index (χ3v) is 15.1. The highest BCUT2D eigenvalue weighted by molar-refractivity contribution is 5.88. The smallest absolute Gasteiger partial charge is 0.345 e. The maximum Gasteiger partial charge on any atom is 0.345 e. The summed E-state index contributed by atoms with van der Waals surface area (Å²) in [5.74, 6) is 6.55. The van der Waals surface area contributed by atoms with Crippen molar-refractivity contribution in [2.75, 3.05) is 13.1 Å². The molecule has 19 heteroatoms. The number of hydroxylamine groups is 5. The zero-order valence-electron chi connectivity index (χ0n) is 38.1. The lowest BCUT2D eigenvalue weighted by molar-refractivity contribution is -0.143. The van der Waals surface area contributed by atoms with E-state index < -0.39 is 18.1 Å². The average molecular weight is 921 g/mol. The number of nitrogens with zero attached hydrogens (tertiary/aromatic N) is 8. The van der Waals surface area contributed by atoms with Gasteiger partial charge in [0.2, 0.25) is 0 Å². The Morgan fingerprint density at radius 2 is 1.10 bits per heavy atom. The van der Waals surface area contributed by atoms with E-state index in [1.807, 2.05) is 84.1 Å². The Balaban J connectivity index is 0.000000130. The molecule has 4 aliphatic heterocycles. The van der Waals surface area contributed by atoms with Gasteiger partial charge in [0.1, 0.15) is 38.5 Å². The molecule has 5 amide bonds. The van der Waals surface area contributed by atoms with Crippen LogP contribution in [0.4, 0.5) is 9.59 Å². The van der Waals surface area contributed by atoms with Crippen molar-refractivity contribution >= 4 is 23.9 Å². The van der Waals surface area contributed by atoms with Crippen molar-refractivity contribution in [3.8, 4) is 0 Å². The maximum atomic E-state index is 12.9. The summed E-state index contributed by atoms with van der Waals surface area (Å²) in [6, 6.07) is 17.4. The average Bonchev–Trinajstić information content (AvgIpc) is 4.24. The summed E-state index contributed by atoms with van der Waals surface area (Å²) in [6.45, 7) is 2.26. The molecule has 2 saturated carbocycles. The molecule has 4 saturated heterocycles. The lowest BCUT2D eigenvalue weighted by atomic mass is 9.96. The topological polar surface area (TPSA) is 212 Å². The lowest BCUT2D eigenvalue weighted by Gasteiger charge is -2.28. The second-order valence-electron chi connectivity index (χ2n) is 19.1. The fourth-order valence-electron chi connectivity index (χ4n) is 12.2. The van der Waals surface area contributed by atoms with Gasteiger partial charge in [-0.25, -0.2) is 25.8 Å². The molecule has 4 N–H and O–H groups in total. The second kappa shape index (κ2) is 19.0.